The van der Waals surface area contributed by atoms with Gasteiger partial charge < -0.3 is 18.8 Å². The summed E-state index contributed by atoms with van der Waals surface area (Å²) in [5, 5.41) is 4.04. The number of carbonyl (C=O) groups excluding carboxylic acids is 2. The highest BCUT2D eigenvalue weighted by atomic mass is 16.5. The van der Waals surface area contributed by atoms with Gasteiger partial charge in [0.2, 0.25) is 5.82 Å². The van der Waals surface area contributed by atoms with Crippen LogP contribution in [0.1, 0.15) is 41.9 Å². The zero-order valence-electron chi connectivity index (χ0n) is 13.9. The van der Waals surface area contributed by atoms with Gasteiger partial charge in [0.15, 0.2) is 0 Å². The normalized spacial score (nSPS) is 27.9. The monoisotopic (exact) mass is 342 g/mol. The van der Waals surface area contributed by atoms with Crippen LogP contribution in [0, 0.1) is 5.41 Å². The fraction of sp³-hybridized carbons (Fsp3) is 0.444. The van der Waals surface area contributed by atoms with E-state index >= 15 is 0 Å². The molecule has 2 saturated heterocycles. The van der Waals surface area contributed by atoms with Crippen LogP contribution in [-0.2, 0) is 19.9 Å². The molecule has 130 valence electrons. The van der Waals surface area contributed by atoms with Crippen LogP contribution in [0.15, 0.2) is 28.8 Å². The predicted molar refractivity (Wildman–Crippen MR) is 85.7 cm³/mol. The maximum atomic E-state index is 11.9. The number of methoxy groups -OCH3 is 1. The van der Waals surface area contributed by atoms with Crippen molar-refractivity contribution in [1.29, 1.82) is 0 Å². The molecule has 3 fully saturated rings. The van der Waals surface area contributed by atoms with Gasteiger partial charge in [-0.05, 0) is 31.7 Å². The van der Waals surface area contributed by atoms with Crippen LogP contribution in [0.5, 0.6) is 0 Å². The predicted octanol–water partition coefficient (Wildman–Crippen LogP) is 2.51. The van der Waals surface area contributed by atoms with Gasteiger partial charge in [-0.1, -0.05) is 23.4 Å². The molecule has 2 aromatic rings. The number of benzene rings is 1. The Hall–Kier alpha value is -2.54. The minimum atomic E-state index is -0.629. The van der Waals surface area contributed by atoms with Crippen LogP contribution < -0.4 is 0 Å². The fourth-order valence-electron chi connectivity index (χ4n) is 3.63. The number of aromatic nitrogens is 2. The SMILES string of the molecule is COC(=O)c1ccccc1-c1noc(C23CCC(C=O)(CC2)CO3)n1. The Morgan fingerprint density at radius 2 is 2.00 bits per heavy atom. The van der Waals surface area contributed by atoms with Gasteiger partial charge in [-0.3, -0.25) is 0 Å². The number of nitrogens with zero attached hydrogens (tertiary/aromatic N) is 2. The molecule has 7 heteroatoms. The van der Waals surface area contributed by atoms with Crippen molar-refractivity contribution in [2.24, 2.45) is 5.41 Å². The lowest BCUT2D eigenvalue weighted by molar-refractivity contribution is -0.196. The molecule has 25 heavy (non-hydrogen) atoms. The first-order valence-corrected chi connectivity index (χ1v) is 8.24. The van der Waals surface area contributed by atoms with Gasteiger partial charge in [0.25, 0.3) is 5.89 Å². The molecule has 0 N–H and O–H groups in total. The second-order valence-corrected chi connectivity index (χ2v) is 6.72. The van der Waals surface area contributed by atoms with Crippen molar-refractivity contribution in [2.45, 2.75) is 31.3 Å². The summed E-state index contributed by atoms with van der Waals surface area (Å²) >= 11 is 0. The van der Waals surface area contributed by atoms with Gasteiger partial charge >= 0.3 is 5.97 Å². The molecule has 0 atom stereocenters. The van der Waals surface area contributed by atoms with E-state index in [4.69, 9.17) is 14.0 Å². The third kappa shape index (κ3) is 2.46. The molecule has 3 aliphatic rings. The number of hydrogen-bond donors (Lipinski definition) is 0. The summed E-state index contributed by atoms with van der Waals surface area (Å²) < 4.78 is 16.3. The number of ether oxygens (including phenoxy) is 2. The quantitative estimate of drug-likeness (QED) is 0.622. The molecule has 1 aromatic heterocycles. The first-order chi connectivity index (χ1) is 12.1. The van der Waals surface area contributed by atoms with Gasteiger partial charge in [-0.2, -0.15) is 4.98 Å². The molecule has 7 nitrogen and oxygen atoms in total. The van der Waals surface area contributed by atoms with Crippen molar-refractivity contribution in [3.63, 3.8) is 0 Å². The largest absolute Gasteiger partial charge is 0.465 e. The van der Waals surface area contributed by atoms with Crippen LogP contribution in [0.3, 0.4) is 0 Å². The fourth-order valence-corrected chi connectivity index (χ4v) is 3.63. The van der Waals surface area contributed by atoms with Gasteiger partial charge in [0.05, 0.1) is 19.3 Å². The van der Waals surface area contributed by atoms with Crippen molar-refractivity contribution >= 4 is 12.3 Å². The van der Waals surface area contributed by atoms with Crippen LogP contribution in [-0.4, -0.2) is 36.1 Å². The first kappa shape index (κ1) is 16.0. The van der Waals surface area contributed by atoms with Crippen LogP contribution in [0.2, 0.25) is 0 Å². The Morgan fingerprint density at radius 3 is 2.64 bits per heavy atom. The van der Waals surface area contributed by atoms with E-state index in [1.54, 1.807) is 24.3 Å². The molecule has 0 spiro atoms. The standard InChI is InChI=1S/C18H18N2O5/c1-23-15(22)13-5-3-2-4-12(13)14-19-16(25-20-14)18-8-6-17(10-21,7-9-18)11-24-18/h2-5,10H,6-9,11H2,1H3. The van der Waals surface area contributed by atoms with Crippen molar-refractivity contribution in [2.75, 3.05) is 13.7 Å². The van der Waals surface area contributed by atoms with E-state index in [9.17, 15) is 9.59 Å². The molecule has 1 saturated carbocycles. The average Bonchev–Trinajstić information content (AvgIpc) is 3.19. The number of carbonyl (C=O) groups is 2. The van der Waals surface area contributed by atoms with E-state index in [1.807, 2.05) is 0 Å². The van der Waals surface area contributed by atoms with Crippen molar-refractivity contribution in [3.05, 3.63) is 35.7 Å². The summed E-state index contributed by atoms with van der Waals surface area (Å²) in [7, 11) is 1.33. The average molecular weight is 342 g/mol. The Kier molecular flexibility index (Phi) is 3.68. The summed E-state index contributed by atoms with van der Waals surface area (Å²) in [5.74, 6) is 0.274. The highest BCUT2D eigenvalue weighted by Crippen LogP contribution is 2.52. The lowest BCUT2D eigenvalue weighted by Crippen LogP contribution is -2.50. The minimum absolute atomic E-state index is 0.326. The zero-order valence-corrected chi connectivity index (χ0v) is 13.9. The Morgan fingerprint density at radius 1 is 1.24 bits per heavy atom. The molecule has 5 rings (SSSR count). The second kappa shape index (κ2) is 5.77. The number of aldehydes is 1. The summed E-state index contributed by atoms with van der Waals surface area (Å²) in [6, 6.07) is 6.95. The molecular formula is C18H18N2O5. The number of rotatable bonds is 4. The molecular weight excluding hydrogens is 324 g/mol. The highest BCUT2D eigenvalue weighted by Gasteiger charge is 2.53. The molecule has 2 aliphatic heterocycles. The van der Waals surface area contributed by atoms with E-state index in [0.717, 1.165) is 19.1 Å². The molecule has 1 aromatic carbocycles. The second-order valence-electron chi connectivity index (χ2n) is 6.72. The van der Waals surface area contributed by atoms with Crippen LogP contribution >= 0.6 is 0 Å². The van der Waals surface area contributed by atoms with E-state index in [1.165, 1.54) is 7.11 Å². The maximum Gasteiger partial charge on any atom is 0.338 e. The summed E-state index contributed by atoms with van der Waals surface area (Å²) in [4.78, 5) is 27.8. The topological polar surface area (TPSA) is 91.5 Å². The van der Waals surface area contributed by atoms with E-state index in [-0.39, 0.29) is 5.41 Å². The Balaban J connectivity index is 1.66. The highest BCUT2D eigenvalue weighted by molar-refractivity contribution is 5.96. The molecule has 0 radical (unpaired) electrons. The van der Waals surface area contributed by atoms with Crippen LogP contribution in [0.4, 0.5) is 0 Å². The van der Waals surface area contributed by atoms with E-state index in [0.29, 0.717) is 42.3 Å². The Labute approximate surface area is 144 Å². The number of fused-ring (bicyclic) bond motifs is 3. The first-order valence-electron chi connectivity index (χ1n) is 8.24. The van der Waals surface area contributed by atoms with Gasteiger partial charge in [0.1, 0.15) is 11.9 Å². The minimum Gasteiger partial charge on any atom is -0.465 e. The smallest absolute Gasteiger partial charge is 0.338 e. The zero-order chi connectivity index (χ0) is 17.5. The summed E-state index contributed by atoms with van der Waals surface area (Å²) in [6.45, 7) is 0.382. The van der Waals surface area contributed by atoms with Crippen LogP contribution in [0.25, 0.3) is 11.4 Å². The summed E-state index contributed by atoms with van der Waals surface area (Å²) in [6.07, 6.45) is 3.87. The lowest BCUT2D eigenvalue weighted by Gasteiger charge is -2.48. The van der Waals surface area contributed by atoms with Crippen molar-refractivity contribution in [3.8, 4) is 11.4 Å². The molecule has 2 bridgehead atoms. The van der Waals surface area contributed by atoms with E-state index in [2.05, 4.69) is 10.1 Å². The van der Waals surface area contributed by atoms with Gasteiger partial charge in [0, 0.05) is 11.0 Å². The lowest BCUT2D eigenvalue weighted by atomic mass is 9.67. The van der Waals surface area contributed by atoms with Gasteiger partial charge in [-0.25, -0.2) is 4.79 Å². The third-order valence-corrected chi connectivity index (χ3v) is 5.33. The molecule has 1 aliphatic carbocycles. The molecule has 3 heterocycles. The Bertz CT molecular complexity index is 804. The molecule has 0 amide bonds. The van der Waals surface area contributed by atoms with Crippen molar-refractivity contribution < 1.29 is 23.6 Å². The summed E-state index contributed by atoms with van der Waals surface area (Å²) in [5.41, 5.74) is -0.0594. The maximum absolute atomic E-state index is 11.9. The third-order valence-electron chi connectivity index (χ3n) is 5.33. The van der Waals surface area contributed by atoms with E-state index < -0.39 is 11.6 Å². The van der Waals surface area contributed by atoms with Crippen molar-refractivity contribution in [1.82, 2.24) is 10.1 Å². The molecule has 0 unspecified atom stereocenters. The number of hydrogen-bond acceptors (Lipinski definition) is 7. The van der Waals surface area contributed by atoms with Gasteiger partial charge in [-0.15, -0.1) is 0 Å². The number of esters is 1.